The second-order valence-electron chi connectivity index (χ2n) is 4.32. The van der Waals surface area contributed by atoms with Crippen LogP contribution in [0.3, 0.4) is 0 Å². The summed E-state index contributed by atoms with van der Waals surface area (Å²) in [4.78, 5) is 11.6. The molecule has 0 saturated heterocycles. The smallest absolute Gasteiger partial charge is 0.250 e. The highest BCUT2D eigenvalue weighted by Gasteiger charge is 2.06. The van der Waals surface area contributed by atoms with E-state index < -0.39 is 0 Å². The number of nitrogens with two attached hydrogens (primary N) is 1. The molecule has 0 aliphatic rings. The lowest BCUT2D eigenvalue weighted by molar-refractivity contribution is 0.278. The van der Waals surface area contributed by atoms with E-state index in [0.717, 1.165) is 0 Å². The Balaban J connectivity index is 2.05. The zero-order valence-electron chi connectivity index (χ0n) is 11.6. The summed E-state index contributed by atoms with van der Waals surface area (Å²) in [5.41, 5.74) is 6.51. The summed E-state index contributed by atoms with van der Waals surface area (Å²) in [6.45, 7) is 0.651. The molecule has 1 aromatic carbocycles. The summed E-state index contributed by atoms with van der Waals surface area (Å²) in [5.74, 6) is 1.00. The van der Waals surface area contributed by atoms with E-state index in [4.69, 9.17) is 20.5 Å². The Hall–Kier alpha value is -2.94. The van der Waals surface area contributed by atoms with E-state index in [-0.39, 0.29) is 12.2 Å². The summed E-state index contributed by atoms with van der Waals surface area (Å²) in [5, 5.41) is 8.83. The lowest BCUT2D eigenvalue weighted by atomic mass is 10.2. The van der Waals surface area contributed by atoms with Gasteiger partial charge in [-0.05, 0) is 18.2 Å². The molecule has 21 heavy (non-hydrogen) atoms. The minimum Gasteiger partial charge on any atom is -0.493 e. The number of anilines is 1. The molecule has 6 heteroatoms. The van der Waals surface area contributed by atoms with Crippen molar-refractivity contribution in [1.82, 2.24) is 4.57 Å². The number of nitriles is 1. The number of nitrogens with zero attached hydrogens (tertiary/aromatic N) is 2. The molecule has 1 aromatic heterocycles. The van der Waals surface area contributed by atoms with Gasteiger partial charge in [-0.15, -0.1) is 0 Å². The molecule has 2 aromatic rings. The molecule has 108 valence electrons. The predicted octanol–water partition coefficient (Wildman–Crippen LogP) is 1.39. The maximum absolute atomic E-state index is 11.6. The predicted molar refractivity (Wildman–Crippen MR) is 78.3 cm³/mol. The lowest BCUT2D eigenvalue weighted by Crippen LogP contribution is -2.22. The average molecular weight is 285 g/mol. The van der Waals surface area contributed by atoms with Crippen molar-refractivity contribution in [3.05, 3.63) is 52.4 Å². The first kappa shape index (κ1) is 14.5. The molecule has 0 amide bonds. The third-order valence-corrected chi connectivity index (χ3v) is 2.89. The summed E-state index contributed by atoms with van der Waals surface area (Å²) in [6.07, 6.45) is 1.57. The fourth-order valence-corrected chi connectivity index (χ4v) is 1.83. The van der Waals surface area contributed by atoms with E-state index in [1.54, 1.807) is 30.5 Å². The number of nitrogen functional groups attached to an aromatic ring is 1. The SMILES string of the molecule is COc1cc(C#N)ccc1OCCn1cc(N)ccc1=O. The molecule has 0 fully saturated rings. The van der Waals surface area contributed by atoms with Crippen LogP contribution in [0.4, 0.5) is 5.69 Å². The maximum atomic E-state index is 11.6. The molecular weight excluding hydrogens is 270 g/mol. The first-order chi connectivity index (χ1) is 10.1. The van der Waals surface area contributed by atoms with Gasteiger partial charge in [0.1, 0.15) is 6.61 Å². The molecule has 0 radical (unpaired) electrons. The van der Waals surface area contributed by atoms with E-state index in [0.29, 0.717) is 29.3 Å². The molecule has 0 spiro atoms. The summed E-state index contributed by atoms with van der Waals surface area (Å²) in [6, 6.07) is 9.91. The van der Waals surface area contributed by atoms with Gasteiger partial charge >= 0.3 is 0 Å². The molecular formula is C15H15N3O3. The van der Waals surface area contributed by atoms with E-state index in [1.165, 1.54) is 17.7 Å². The fourth-order valence-electron chi connectivity index (χ4n) is 1.83. The van der Waals surface area contributed by atoms with Gasteiger partial charge in [0.15, 0.2) is 11.5 Å². The quantitative estimate of drug-likeness (QED) is 0.896. The van der Waals surface area contributed by atoms with Crippen LogP contribution in [0.1, 0.15) is 5.56 Å². The molecule has 2 N–H and O–H groups in total. The van der Waals surface area contributed by atoms with Crippen LogP contribution >= 0.6 is 0 Å². The van der Waals surface area contributed by atoms with Gasteiger partial charge in [0, 0.05) is 24.0 Å². The van der Waals surface area contributed by atoms with Gasteiger partial charge in [-0.25, -0.2) is 0 Å². The topological polar surface area (TPSA) is 90.3 Å². The minimum absolute atomic E-state index is 0.139. The van der Waals surface area contributed by atoms with Crippen molar-refractivity contribution in [3.8, 4) is 17.6 Å². The molecule has 0 bridgehead atoms. The third-order valence-electron chi connectivity index (χ3n) is 2.89. The van der Waals surface area contributed by atoms with Crippen LogP contribution < -0.4 is 20.8 Å². The Bertz CT molecular complexity index is 732. The van der Waals surface area contributed by atoms with Crippen LogP contribution in [0.25, 0.3) is 0 Å². The van der Waals surface area contributed by atoms with Gasteiger partial charge < -0.3 is 19.8 Å². The molecule has 1 heterocycles. The number of hydrogen-bond donors (Lipinski definition) is 1. The van der Waals surface area contributed by atoms with E-state index in [2.05, 4.69) is 0 Å². The Morgan fingerprint density at radius 3 is 2.81 bits per heavy atom. The average Bonchev–Trinajstić information content (AvgIpc) is 2.50. The van der Waals surface area contributed by atoms with Crippen molar-refractivity contribution in [2.75, 3.05) is 19.5 Å². The second-order valence-corrected chi connectivity index (χ2v) is 4.32. The van der Waals surface area contributed by atoms with Gasteiger partial charge in [0.2, 0.25) is 0 Å². The number of aromatic nitrogens is 1. The van der Waals surface area contributed by atoms with Crippen LogP contribution in [-0.2, 0) is 6.54 Å². The van der Waals surface area contributed by atoms with Crippen molar-refractivity contribution < 1.29 is 9.47 Å². The van der Waals surface area contributed by atoms with Crippen molar-refractivity contribution in [2.24, 2.45) is 0 Å². The maximum Gasteiger partial charge on any atom is 0.250 e. The van der Waals surface area contributed by atoms with Gasteiger partial charge in [0.05, 0.1) is 25.3 Å². The first-order valence-corrected chi connectivity index (χ1v) is 6.31. The van der Waals surface area contributed by atoms with E-state index >= 15 is 0 Å². The number of rotatable bonds is 5. The van der Waals surface area contributed by atoms with E-state index in [1.807, 2.05) is 6.07 Å². The van der Waals surface area contributed by atoms with Gasteiger partial charge in [-0.3, -0.25) is 4.79 Å². The number of hydrogen-bond acceptors (Lipinski definition) is 5. The van der Waals surface area contributed by atoms with Crippen molar-refractivity contribution >= 4 is 5.69 Å². The Morgan fingerprint density at radius 2 is 2.10 bits per heavy atom. The van der Waals surface area contributed by atoms with Crippen LogP contribution in [0.15, 0.2) is 41.3 Å². The van der Waals surface area contributed by atoms with Gasteiger partial charge in [0.25, 0.3) is 5.56 Å². The van der Waals surface area contributed by atoms with Crippen molar-refractivity contribution in [3.63, 3.8) is 0 Å². The Labute approximate surface area is 121 Å². The highest BCUT2D eigenvalue weighted by molar-refractivity contribution is 5.46. The number of pyridine rings is 1. The fraction of sp³-hybridized carbons (Fsp3) is 0.200. The standard InChI is InChI=1S/C15H15N3O3/c1-20-14-8-11(9-16)2-4-13(14)21-7-6-18-10-12(17)3-5-15(18)19/h2-5,8,10H,6-7,17H2,1H3. The zero-order valence-corrected chi connectivity index (χ0v) is 11.6. The van der Waals surface area contributed by atoms with Crippen LogP contribution in [0.2, 0.25) is 0 Å². The number of benzene rings is 1. The summed E-state index contributed by atoms with van der Waals surface area (Å²) < 4.78 is 12.2. The molecule has 0 aliphatic carbocycles. The number of methoxy groups -OCH3 is 1. The highest BCUT2D eigenvalue weighted by Crippen LogP contribution is 2.27. The Morgan fingerprint density at radius 1 is 1.29 bits per heavy atom. The normalized spacial score (nSPS) is 9.90. The molecule has 0 aliphatic heterocycles. The van der Waals surface area contributed by atoms with E-state index in [9.17, 15) is 4.79 Å². The van der Waals surface area contributed by atoms with Crippen LogP contribution in [-0.4, -0.2) is 18.3 Å². The molecule has 0 saturated carbocycles. The molecule has 6 nitrogen and oxygen atoms in total. The molecule has 0 atom stereocenters. The third kappa shape index (κ3) is 3.54. The zero-order chi connectivity index (χ0) is 15.2. The Kier molecular flexibility index (Phi) is 4.46. The van der Waals surface area contributed by atoms with Crippen LogP contribution in [0, 0.1) is 11.3 Å². The summed E-state index contributed by atoms with van der Waals surface area (Å²) >= 11 is 0. The monoisotopic (exact) mass is 285 g/mol. The molecule has 2 rings (SSSR count). The summed E-state index contributed by atoms with van der Waals surface area (Å²) in [7, 11) is 1.51. The van der Waals surface area contributed by atoms with Gasteiger partial charge in [-0.1, -0.05) is 0 Å². The largest absolute Gasteiger partial charge is 0.493 e. The first-order valence-electron chi connectivity index (χ1n) is 6.31. The highest BCUT2D eigenvalue weighted by atomic mass is 16.5. The second kappa shape index (κ2) is 6.48. The lowest BCUT2D eigenvalue weighted by Gasteiger charge is -2.12. The van der Waals surface area contributed by atoms with Crippen LogP contribution in [0.5, 0.6) is 11.5 Å². The van der Waals surface area contributed by atoms with Crippen molar-refractivity contribution in [1.29, 1.82) is 5.26 Å². The molecule has 0 unspecified atom stereocenters. The minimum atomic E-state index is -0.139. The van der Waals surface area contributed by atoms with Gasteiger partial charge in [-0.2, -0.15) is 5.26 Å². The van der Waals surface area contributed by atoms with Crippen molar-refractivity contribution in [2.45, 2.75) is 6.54 Å². The number of ether oxygens (including phenoxy) is 2.